The van der Waals surface area contributed by atoms with E-state index in [0.29, 0.717) is 0 Å². The average Bonchev–Trinajstić information content (AvgIpc) is 1.90. The first kappa shape index (κ1) is 9.76. The maximum absolute atomic E-state index is 12.8. The highest BCUT2D eigenvalue weighted by atomic mass is 32.2. The molecule has 0 saturated carbocycles. The first-order valence-corrected chi connectivity index (χ1v) is 4.75. The van der Waals surface area contributed by atoms with Crippen LogP contribution < -0.4 is 0 Å². The molecule has 1 aliphatic heterocycles. The van der Waals surface area contributed by atoms with Crippen molar-refractivity contribution in [2.45, 2.75) is 24.0 Å². The van der Waals surface area contributed by atoms with E-state index >= 15 is 0 Å². The van der Waals surface area contributed by atoms with Gasteiger partial charge in [0.15, 0.2) is 9.84 Å². The molecule has 0 aromatic heterocycles. The molecule has 0 spiro atoms. The summed E-state index contributed by atoms with van der Waals surface area (Å²) in [5.74, 6) is -5.89. The fourth-order valence-corrected chi connectivity index (χ4v) is 2.75. The molecule has 2 atom stereocenters. The van der Waals surface area contributed by atoms with Gasteiger partial charge in [0.05, 0.1) is 0 Å². The van der Waals surface area contributed by atoms with Crippen molar-refractivity contribution in [2.75, 3.05) is 5.75 Å². The van der Waals surface area contributed by atoms with E-state index in [9.17, 15) is 26.0 Å². The van der Waals surface area contributed by atoms with Crippen LogP contribution in [0, 0.1) is 0 Å². The number of rotatable bonds is 0. The molecule has 0 aromatic rings. The van der Waals surface area contributed by atoms with E-state index in [1.165, 1.54) is 0 Å². The van der Waals surface area contributed by atoms with Gasteiger partial charge in [-0.2, -0.15) is 0 Å². The summed E-state index contributed by atoms with van der Waals surface area (Å²) < 4.78 is 71.2. The van der Waals surface area contributed by atoms with E-state index in [-0.39, 0.29) is 6.92 Å². The second kappa shape index (κ2) is 2.12. The lowest BCUT2D eigenvalue weighted by molar-refractivity contribution is -0.115. The quantitative estimate of drug-likeness (QED) is 0.555. The zero-order valence-corrected chi connectivity index (χ0v) is 6.84. The van der Waals surface area contributed by atoms with Gasteiger partial charge in [-0.05, 0) is 6.92 Å². The lowest BCUT2D eigenvalue weighted by atomic mass is 10.0. The second-order valence-corrected chi connectivity index (χ2v) is 4.93. The summed E-state index contributed by atoms with van der Waals surface area (Å²) in [6, 6.07) is 0. The van der Waals surface area contributed by atoms with Crippen LogP contribution in [0.25, 0.3) is 0 Å². The number of hydrogen-bond donors (Lipinski definition) is 0. The Labute approximate surface area is 66.5 Å². The predicted octanol–water partition coefficient (Wildman–Crippen LogP) is 1.07. The molecular weight excluding hydrogens is 200 g/mol. The molecule has 2 nitrogen and oxygen atoms in total. The van der Waals surface area contributed by atoms with Crippen LogP contribution in [0.3, 0.4) is 0 Å². The van der Waals surface area contributed by atoms with Gasteiger partial charge in [0.2, 0.25) is 11.2 Å². The molecule has 72 valence electrons. The Kier molecular flexibility index (Phi) is 1.73. The summed E-state index contributed by atoms with van der Waals surface area (Å²) in [5, 5.41) is 0. The Hall–Kier alpha value is -0.330. The van der Waals surface area contributed by atoms with Gasteiger partial charge < -0.3 is 0 Å². The number of alkyl halides is 4. The van der Waals surface area contributed by atoms with Gasteiger partial charge in [-0.25, -0.2) is 26.0 Å². The Morgan fingerprint density at radius 3 is 1.83 bits per heavy atom. The smallest absolute Gasteiger partial charge is 0.233 e. The van der Waals surface area contributed by atoms with Crippen molar-refractivity contribution in [1.29, 1.82) is 0 Å². The molecule has 1 fully saturated rings. The molecule has 2 unspecified atom stereocenters. The third kappa shape index (κ3) is 1.02. The highest BCUT2D eigenvalue weighted by Crippen LogP contribution is 2.46. The second-order valence-electron chi connectivity index (χ2n) is 2.90. The molecule has 0 aromatic carbocycles. The van der Waals surface area contributed by atoms with Gasteiger partial charge in [-0.15, -0.1) is 0 Å². The minimum atomic E-state index is -4.63. The molecule has 0 radical (unpaired) electrons. The molecular formula is C5H6F4O2S. The molecule has 12 heavy (non-hydrogen) atoms. The summed E-state index contributed by atoms with van der Waals surface area (Å²) in [7, 11) is -4.63. The fourth-order valence-electron chi connectivity index (χ4n) is 0.970. The standard InChI is InChI=1S/C5H6F4O2S/c1-4(7)3(6)12(10,11)2-5(4,8)9/h3H,2H2,1H3. The Balaban J connectivity index is 3.23. The van der Waals surface area contributed by atoms with Gasteiger partial charge in [-0.1, -0.05) is 0 Å². The molecule has 1 rings (SSSR count). The van der Waals surface area contributed by atoms with Crippen molar-refractivity contribution in [3.63, 3.8) is 0 Å². The molecule has 1 aliphatic rings. The maximum Gasteiger partial charge on any atom is 0.299 e. The number of sulfone groups is 1. The van der Waals surface area contributed by atoms with Crippen molar-refractivity contribution in [2.24, 2.45) is 0 Å². The van der Waals surface area contributed by atoms with E-state index < -0.39 is 32.7 Å². The Morgan fingerprint density at radius 2 is 1.75 bits per heavy atom. The third-order valence-corrected chi connectivity index (χ3v) is 3.68. The van der Waals surface area contributed by atoms with E-state index in [4.69, 9.17) is 0 Å². The lowest BCUT2D eigenvalue weighted by Gasteiger charge is -2.21. The highest BCUT2D eigenvalue weighted by Gasteiger charge is 2.69. The highest BCUT2D eigenvalue weighted by molar-refractivity contribution is 7.92. The van der Waals surface area contributed by atoms with E-state index in [2.05, 4.69) is 0 Å². The summed E-state index contributed by atoms with van der Waals surface area (Å²) in [4.78, 5) is 0. The first-order valence-electron chi connectivity index (χ1n) is 3.04. The Bertz CT molecular complexity index is 295. The zero-order valence-electron chi connectivity index (χ0n) is 6.02. The molecule has 1 heterocycles. The van der Waals surface area contributed by atoms with Crippen LogP contribution in [0.15, 0.2) is 0 Å². The van der Waals surface area contributed by atoms with Crippen LogP contribution in [0.2, 0.25) is 0 Å². The van der Waals surface area contributed by atoms with Crippen LogP contribution in [-0.2, 0) is 9.84 Å². The monoisotopic (exact) mass is 206 g/mol. The Morgan fingerprint density at radius 1 is 1.33 bits per heavy atom. The van der Waals surface area contributed by atoms with Gasteiger partial charge in [0.1, 0.15) is 5.75 Å². The van der Waals surface area contributed by atoms with Crippen molar-refractivity contribution in [3.05, 3.63) is 0 Å². The number of hydrogen-bond acceptors (Lipinski definition) is 2. The van der Waals surface area contributed by atoms with Crippen molar-refractivity contribution in [1.82, 2.24) is 0 Å². The average molecular weight is 206 g/mol. The minimum Gasteiger partial charge on any atom is -0.233 e. The maximum atomic E-state index is 12.8. The SMILES string of the molecule is CC1(F)C(F)S(=O)(=O)CC1(F)F. The fraction of sp³-hybridized carbons (Fsp3) is 1.00. The van der Waals surface area contributed by atoms with Crippen LogP contribution in [0.1, 0.15) is 6.92 Å². The summed E-state index contributed by atoms with van der Waals surface area (Å²) in [5.41, 5.74) is -6.73. The normalized spacial score (nSPS) is 44.6. The third-order valence-electron chi connectivity index (χ3n) is 1.84. The van der Waals surface area contributed by atoms with Gasteiger partial charge >= 0.3 is 0 Å². The molecule has 0 bridgehead atoms. The largest absolute Gasteiger partial charge is 0.299 e. The van der Waals surface area contributed by atoms with Crippen LogP contribution in [0.4, 0.5) is 17.6 Å². The topological polar surface area (TPSA) is 34.1 Å². The summed E-state index contributed by atoms with van der Waals surface area (Å²) >= 11 is 0. The van der Waals surface area contributed by atoms with E-state index in [1.54, 1.807) is 0 Å². The molecule has 0 aliphatic carbocycles. The van der Waals surface area contributed by atoms with Crippen LogP contribution in [-0.4, -0.2) is 31.3 Å². The van der Waals surface area contributed by atoms with Crippen molar-refractivity contribution < 1.29 is 26.0 Å². The molecule has 0 amide bonds. The van der Waals surface area contributed by atoms with Crippen molar-refractivity contribution in [3.8, 4) is 0 Å². The van der Waals surface area contributed by atoms with Crippen molar-refractivity contribution >= 4 is 9.84 Å². The van der Waals surface area contributed by atoms with Gasteiger partial charge in [0, 0.05) is 0 Å². The molecule has 1 saturated heterocycles. The van der Waals surface area contributed by atoms with Gasteiger partial charge in [-0.3, -0.25) is 0 Å². The molecule has 7 heteroatoms. The zero-order chi connectivity index (χ0) is 9.78. The van der Waals surface area contributed by atoms with Crippen LogP contribution in [0.5, 0.6) is 0 Å². The summed E-state index contributed by atoms with van der Waals surface area (Å²) in [6.07, 6.45) is 0. The number of halogens is 4. The summed E-state index contributed by atoms with van der Waals surface area (Å²) in [6.45, 7) is 0.252. The predicted molar refractivity (Wildman–Crippen MR) is 33.1 cm³/mol. The lowest BCUT2D eigenvalue weighted by Crippen LogP contribution is -2.43. The van der Waals surface area contributed by atoms with E-state index in [0.717, 1.165) is 0 Å². The van der Waals surface area contributed by atoms with Crippen LogP contribution >= 0.6 is 0 Å². The first-order chi connectivity index (χ1) is 5.11. The molecule has 0 N–H and O–H groups in total. The van der Waals surface area contributed by atoms with E-state index in [1.807, 2.05) is 0 Å². The minimum absolute atomic E-state index is 0.252. The van der Waals surface area contributed by atoms with Gasteiger partial charge in [0.25, 0.3) is 5.92 Å².